The van der Waals surface area contributed by atoms with Crippen LogP contribution in [0, 0.1) is 0 Å². The van der Waals surface area contributed by atoms with E-state index < -0.39 is 122 Å². The molecule has 3 aromatic carbocycles. The maximum absolute atomic E-state index is 13.8. The van der Waals surface area contributed by atoms with E-state index in [1.807, 2.05) is 0 Å². The van der Waals surface area contributed by atoms with Crippen LogP contribution in [0.15, 0.2) is 45.6 Å². The highest BCUT2D eigenvalue weighted by molar-refractivity contribution is 5.91. The minimum absolute atomic E-state index is 0.291. The molecule has 47 heavy (non-hydrogen) atoms. The first kappa shape index (κ1) is 32.3. The first-order chi connectivity index (χ1) is 22.1. The molecule has 0 saturated carbocycles. The van der Waals surface area contributed by atoms with E-state index in [9.17, 15) is 60.3 Å². The number of carbonyl (C=O) groups is 2. The van der Waals surface area contributed by atoms with Gasteiger partial charge in [0.1, 0.15) is 28.6 Å². The molecule has 17 nitrogen and oxygen atoms in total. The lowest BCUT2D eigenvalue weighted by molar-refractivity contribution is -0.271. The van der Waals surface area contributed by atoms with E-state index in [0.29, 0.717) is 0 Å². The molecule has 0 radical (unpaired) electrons. The van der Waals surface area contributed by atoms with Gasteiger partial charge >= 0.3 is 11.9 Å². The lowest BCUT2D eigenvalue weighted by atomic mass is 9.99. The predicted octanol–water partition coefficient (Wildman–Crippen LogP) is 1.75. The average molecular weight is 659 g/mol. The van der Waals surface area contributed by atoms with Gasteiger partial charge in [-0.3, -0.25) is 9.59 Å². The van der Waals surface area contributed by atoms with Crippen molar-refractivity contribution in [3.05, 3.63) is 52.2 Å². The molecule has 0 unspecified atom stereocenters. The van der Waals surface area contributed by atoms with E-state index in [4.69, 9.17) is 23.4 Å². The van der Waals surface area contributed by atoms with Gasteiger partial charge in [0.2, 0.25) is 17.5 Å². The third-order valence-corrected chi connectivity index (χ3v) is 7.09. The summed E-state index contributed by atoms with van der Waals surface area (Å²) in [7, 11) is 0. The summed E-state index contributed by atoms with van der Waals surface area (Å²) in [5, 5.41) is 90.6. The fraction of sp³-hybridized carbons (Fsp3) is 0.233. The van der Waals surface area contributed by atoms with Crippen LogP contribution in [0.1, 0.15) is 24.2 Å². The van der Waals surface area contributed by atoms with Gasteiger partial charge in [-0.05, 0) is 31.2 Å². The maximum Gasteiger partial charge on any atom is 0.339 e. The summed E-state index contributed by atoms with van der Waals surface area (Å²) in [5.41, 5.74) is -2.35. The number of hydrogen-bond donors (Lipinski definition) is 9. The van der Waals surface area contributed by atoms with Crippen LogP contribution in [-0.2, 0) is 19.0 Å². The first-order valence-electron chi connectivity index (χ1n) is 13.5. The van der Waals surface area contributed by atoms with Crippen LogP contribution < -0.4 is 10.2 Å². The van der Waals surface area contributed by atoms with Crippen molar-refractivity contribution in [2.45, 2.75) is 44.6 Å². The van der Waals surface area contributed by atoms with Crippen LogP contribution in [0.3, 0.4) is 0 Å². The molecule has 17 heteroatoms. The quantitative estimate of drug-likeness (QED) is 0.105. The number of aliphatic hydroxyl groups is 1. The molecule has 0 amide bonds. The van der Waals surface area contributed by atoms with Gasteiger partial charge in [0, 0.05) is 24.6 Å². The number of aromatic hydroxyl groups is 8. The minimum atomic E-state index is -1.96. The van der Waals surface area contributed by atoms with Crippen molar-refractivity contribution >= 4 is 22.9 Å². The normalized spacial score (nSPS) is 20.9. The average Bonchev–Trinajstić information content (AvgIpc) is 2.98. The molecule has 0 aliphatic carbocycles. The zero-order valence-corrected chi connectivity index (χ0v) is 24.1. The van der Waals surface area contributed by atoms with Crippen molar-refractivity contribution in [1.82, 2.24) is 0 Å². The summed E-state index contributed by atoms with van der Waals surface area (Å²) in [5.74, 6) is -10.2. The molecule has 1 saturated heterocycles. The lowest BCUT2D eigenvalue weighted by Crippen LogP contribution is -2.61. The first-order valence-corrected chi connectivity index (χ1v) is 13.5. The summed E-state index contributed by atoms with van der Waals surface area (Å²) in [6.45, 7) is 2.38. The molecule has 1 aromatic heterocycles. The van der Waals surface area contributed by atoms with Crippen molar-refractivity contribution in [2.24, 2.45) is 0 Å². The second-order valence-electron chi connectivity index (χ2n) is 10.4. The zero-order chi connectivity index (χ0) is 34.5. The molecular weight excluding hydrogens is 632 g/mol. The number of rotatable bonds is 6. The highest BCUT2D eigenvalue weighted by Gasteiger charge is 2.49. The number of phenolic OH excluding ortho intramolecular Hbond substituents is 8. The van der Waals surface area contributed by atoms with Crippen LogP contribution >= 0.6 is 0 Å². The Bertz CT molecular complexity index is 1920. The Kier molecular flexibility index (Phi) is 8.27. The third-order valence-electron chi connectivity index (χ3n) is 7.09. The Morgan fingerprint density at radius 3 is 1.91 bits per heavy atom. The van der Waals surface area contributed by atoms with Gasteiger partial charge < -0.3 is 69.3 Å². The molecule has 5 atom stereocenters. The van der Waals surface area contributed by atoms with Crippen molar-refractivity contribution < 1.29 is 78.9 Å². The number of benzene rings is 3. The van der Waals surface area contributed by atoms with Crippen LogP contribution in [-0.4, -0.2) is 88.6 Å². The molecule has 1 fully saturated rings. The van der Waals surface area contributed by atoms with Gasteiger partial charge in [-0.25, -0.2) is 4.79 Å². The Balaban J connectivity index is 1.66. The van der Waals surface area contributed by atoms with Crippen molar-refractivity contribution in [3.8, 4) is 63.1 Å². The predicted molar refractivity (Wildman–Crippen MR) is 153 cm³/mol. The van der Waals surface area contributed by atoms with Crippen LogP contribution in [0.25, 0.3) is 22.3 Å². The van der Waals surface area contributed by atoms with Gasteiger partial charge in [0.05, 0.1) is 11.7 Å². The largest absolute Gasteiger partial charge is 0.508 e. The van der Waals surface area contributed by atoms with Crippen LogP contribution in [0.4, 0.5) is 0 Å². The number of carbonyl (C=O) groups excluding carboxylic acids is 2. The van der Waals surface area contributed by atoms with Gasteiger partial charge in [-0.15, -0.1) is 0 Å². The molecule has 4 aromatic rings. The molecule has 248 valence electrons. The summed E-state index contributed by atoms with van der Waals surface area (Å²) < 4.78 is 27.9. The monoisotopic (exact) mass is 658 g/mol. The molecule has 5 rings (SSSR count). The Morgan fingerprint density at radius 1 is 0.766 bits per heavy atom. The summed E-state index contributed by atoms with van der Waals surface area (Å²) in [6.07, 6.45) is -8.50. The number of esters is 2. The fourth-order valence-electron chi connectivity index (χ4n) is 4.90. The second kappa shape index (κ2) is 12.0. The highest BCUT2D eigenvalue weighted by atomic mass is 16.7. The third kappa shape index (κ3) is 5.99. The summed E-state index contributed by atoms with van der Waals surface area (Å²) >= 11 is 0. The number of phenols is 8. The molecule has 0 bridgehead atoms. The molecule has 2 heterocycles. The molecule has 9 N–H and O–H groups in total. The number of ether oxygens (including phenoxy) is 4. The van der Waals surface area contributed by atoms with Gasteiger partial charge in [0.15, 0.2) is 52.5 Å². The second-order valence-corrected chi connectivity index (χ2v) is 10.4. The van der Waals surface area contributed by atoms with Gasteiger partial charge in [-0.2, -0.15) is 0 Å². The molecule has 1 aliphatic heterocycles. The van der Waals surface area contributed by atoms with Crippen molar-refractivity contribution in [1.29, 1.82) is 0 Å². The van der Waals surface area contributed by atoms with Crippen molar-refractivity contribution in [2.75, 3.05) is 0 Å². The Hall–Kier alpha value is -6.07. The smallest absolute Gasteiger partial charge is 0.339 e. The SMILES string of the molecule is CC(=O)O[C@@H]1[C@@H](O)[C@H](OC(=O)c2cc(O)c(O)c(O)c2)[C@@H](Oc2c(-c3cc(O)c(O)c(O)c3)oc3cc(O)cc(O)c3c2=O)O[C@H]1C. The van der Waals surface area contributed by atoms with E-state index in [0.717, 1.165) is 43.3 Å². The van der Waals surface area contributed by atoms with Gasteiger partial charge in [0.25, 0.3) is 0 Å². The summed E-state index contributed by atoms with van der Waals surface area (Å²) in [4.78, 5) is 38.7. The van der Waals surface area contributed by atoms with Gasteiger partial charge in [-0.1, -0.05) is 0 Å². The molecule has 1 aliphatic rings. The Labute approximate surface area is 261 Å². The zero-order valence-electron chi connectivity index (χ0n) is 24.1. The molecule has 0 spiro atoms. The number of fused-ring (bicyclic) bond motifs is 1. The number of aliphatic hydroxyl groups excluding tert-OH is 1. The van der Waals surface area contributed by atoms with E-state index in [2.05, 4.69) is 0 Å². The lowest BCUT2D eigenvalue weighted by Gasteiger charge is -2.42. The van der Waals surface area contributed by atoms with Crippen LogP contribution in [0.2, 0.25) is 0 Å². The van der Waals surface area contributed by atoms with Crippen molar-refractivity contribution in [3.63, 3.8) is 0 Å². The maximum atomic E-state index is 13.8. The number of hydrogen-bond acceptors (Lipinski definition) is 17. The Morgan fingerprint density at radius 2 is 1.34 bits per heavy atom. The van der Waals surface area contributed by atoms with E-state index >= 15 is 0 Å². The van der Waals surface area contributed by atoms with Crippen LogP contribution in [0.5, 0.6) is 51.7 Å². The minimum Gasteiger partial charge on any atom is -0.508 e. The van der Waals surface area contributed by atoms with E-state index in [1.165, 1.54) is 6.92 Å². The standard InChI is InChI=1S/C30H26O17/c1-9-25(44-10(2)31)24(41)28(46-29(42)12-5-17(36)22(39)18(37)6-12)30(43-9)47-27-23(40)20-14(33)7-13(32)8-19(20)45-26(27)11-3-15(34)21(38)16(35)4-11/h3-9,24-25,28,30,32-39,41H,1-2H3/t9-,24+,25-,28-,30+/m0/s1. The van der Waals surface area contributed by atoms with E-state index in [1.54, 1.807) is 0 Å². The molecular formula is C30H26O17. The van der Waals surface area contributed by atoms with E-state index in [-0.39, 0.29) is 5.56 Å². The highest BCUT2D eigenvalue weighted by Crippen LogP contribution is 2.43. The fourth-order valence-corrected chi connectivity index (χ4v) is 4.90. The topological polar surface area (TPSA) is 283 Å². The summed E-state index contributed by atoms with van der Waals surface area (Å²) in [6, 6.07) is 4.98.